The molecule has 0 aromatic heterocycles. The van der Waals surface area contributed by atoms with E-state index < -0.39 is 17.1 Å². The predicted molar refractivity (Wildman–Crippen MR) is 103 cm³/mol. The van der Waals surface area contributed by atoms with Crippen molar-refractivity contribution in [2.24, 2.45) is 5.92 Å². The van der Waals surface area contributed by atoms with Crippen LogP contribution in [0.5, 0.6) is 11.5 Å². The average molecular weight is 398 g/mol. The molecule has 1 amide bonds. The molecule has 2 heterocycles. The van der Waals surface area contributed by atoms with Crippen LogP contribution < -0.4 is 10.1 Å². The standard InChI is InChI=1S/C22H26N2O5/c1-12(25)23-22-7-6-16(27)20-21(22)8-9-24(28,11-13-2-3-13)17(22)10-14-4-5-15(26)19(29-20)18(14)21/h4-5,13,17,20,26H,2-3,6-11H2,1H3,(H,23,25)/t17-,20+,21+,22-,24?/m1/s1. The van der Waals surface area contributed by atoms with Crippen LogP contribution in [0.1, 0.15) is 50.2 Å². The second-order valence-electron chi connectivity index (χ2n) is 9.81. The minimum Gasteiger partial charge on any atom is -0.633 e. The molecule has 7 nitrogen and oxygen atoms in total. The van der Waals surface area contributed by atoms with Crippen molar-refractivity contribution in [2.45, 2.75) is 68.5 Å². The number of phenolic OH excluding ortho intramolecular Hbond substituents is 1. The van der Waals surface area contributed by atoms with E-state index in [9.17, 15) is 19.9 Å². The fourth-order valence-corrected chi connectivity index (χ4v) is 7.16. The number of benzene rings is 1. The predicted octanol–water partition coefficient (Wildman–Crippen LogP) is 1.68. The molecule has 5 atom stereocenters. The SMILES string of the molecule is CC(=O)N[C@@]12CCC(=O)[C@@H]3Oc4c(O)ccc5c4[C@@]31CC[N+]([O-])(CC1CC1)[C@@H]2C5. The molecule has 0 radical (unpaired) electrons. The van der Waals surface area contributed by atoms with Crippen molar-refractivity contribution in [1.82, 2.24) is 5.32 Å². The largest absolute Gasteiger partial charge is 0.633 e. The van der Waals surface area contributed by atoms with Crippen LogP contribution in [0.15, 0.2) is 12.1 Å². The molecule has 2 bridgehead atoms. The molecule has 6 rings (SSSR count). The number of Topliss-reactive ketones (excluding diaryl/α,β-unsaturated/α-hetero) is 1. The van der Waals surface area contributed by atoms with Crippen molar-refractivity contribution in [3.05, 3.63) is 28.5 Å². The molecule has 3 fully saturated rings. The maximum Gasteiger partial charge on any atom is 0.217 e. The van der Waals surface area contributed by atoms with Gasteiger partial charge >= 0.3 is 0 Å². The zero-order chi connectivity index (χ0) is 20.2. The van der Waals surface area contributed by atoms with Gasteiger partial charge in [-0.1, -0.05) is 6.07 Å². The van der Waals surface area contributed by atoms with E-state index in [1.807, 2.05) is 6.07 Å². The first-order chi connectivity index (χ1) is 13.8. The number of ketones is 1. The number of ether oxygens (including phenoxy) is 1. The van der Waals surface area contributed by atoms with Crippen LogP contribution in [0, 0.1) is 11.1 Å². The summed E-state index contributed by atoms with van der Waals surface area (Å²) in [6.45, 7) is 2.49. The van der Waals surface area contributed by atoms with Crippen LogP contribution in [0.4, 0.5) is 0 Å². The average Bonchev–Trinajstić information content (AvgIpc) is 3.38. The third-order valence-corrected chi connectivity index (χ3v) is 8.30. The van der Waals surface area contributed by atoms with E-state index in [4.69, 9.17) is 4.74 Å². The maximum absolute atomic E-state index is 14.2. The molecular weight excluding hydrogens is 372 g/mol. The molecule has 1 aromatic carbocycles. The van der Waals surface area contributed by atoms with Crippen molar-refractivity contribution in [3.63, 3.8) is 0 Å². The van der Waals surface area contributed by atoms with E-state index in [0.29, 0.717) is 44.0 Å². The number of likely N-dealkylation sites (tertiary alicyclic amines) is 1. The van der Waals surface area contributed by atoms with Gasteiger partial charge in [-0.25, -0.2) is 0 Å². The Morgan fingerprint density at radius 1 is 1.38 bits per heavy atom. The number of hydrogen-bond donors (Lipinski definition) is 2. The third-order valence-electron chi connectivity index (χ3n) is 8.30. The summed E-state index contributed by atoms with van der Waals surface area (Å²) in [5.74, 6) is 0.695. The molecule has 5 aliphatic rings. The smallest absolute Gasteiger partial charge is 0.217 e. The van der Waals surface area contributed by atoms with Gasteiger partial charge in [0.2, 0.25) is 5.91 Å². The summed E-state index contributed by atoms with van der Waals surface area (Å²) < 4.78 is 5.83. The van der Waals surface area contributed by atoms with Gasteiger partial charge in [0.15, 0.2) is 23.4 Å². The van der Waals surface area contributed by atoms with Crippen molar-refractivity contribution < 1.29 is 24.1 Å². The lowest BCUT2D eigenvalue weighted by atomic mass is 9.47. The second kappa shape index (κ2) is 5.32. The van der Waals surface area contributed by atoms with E-state index >= 15 is 0 Å². The summed E-state index contributed by atoms with van der Waals surface area (Å²) in [6, 6.07) is 3.13. The van der Waals surface area contributed by atoms with Crippen LogP contribution in [-0.4, -0.2) is 52.2 Å². The maximum atomic E-state index is 14.2. The zero-order valence-electron chi connectivity index (χ0n) is 16.6. The van der Waals surface area contributed by atoms with E-state index in [1.54, 1.807) is 6.07 Å². The van der Waals surface area contributed by atoms with Crippen LogP contribution >= 0.6 is 0 Å². The number of hydroxylamine groups is 3. The number of hydrogen-bond acceptors (Lipinski definition) is 5. The van der Waals surface area contributed by atoms with Crippen molar-refractivity contribution in [1.29, 1.82) is 0 Å². The Morgan fingerprint density at radius 2 is 2.17 bits per heavy atom. The minimum absolute atomic E-state index is 0.00117. The van der Waals surface area contributed by atoms with Crippen LogP contribution in [0.3, 0.4) is 0 Å². The molecular formula is C22H26N2O5. The van der Waals surface area contributed by atoms with Crippen molar-refractivity contribution >= 4 is 11.7 Å². The number of amides is 1. The lowest BCUT2D eigenvalue weighted by Crippen LogP contribution is -2.84. The monoisotopic (exact) mass is 398 g/mol. The normalized spacial score (nSPS) is 41.5. The molecule has 3 aliphatic carbocycles. The molecule has 29 heavy (non-hydrogen) atoms. The Kier molecular flexibility index (Phi) is 3.25. The summed E-state index contributed by atoms with van der Waals surface area (Å²) in [4.78, 5) is 25.4. The minimum atomic E-state index is -0.821. The molecule has 1 saturated heterocycles. The number of nitrogens with zero attached hydrogens (tertiary/aromatic N) is 1. The summed E-state index contributed by atoms with van der Waals surface area (Å²) in [5.41, 5.74) is 0.252. The number of carbonyl (C=O) groups is 2. The fraction of sp³-hybridized carbons (Fsp3) is 0.636. The van der Waals surface area contributed by atoms with Gasteiger partial charge in [-0.15, -0.1) is 0 Å². The molecule has 2 saturated carbocycles. The number of aromatic hydroxyl groups is 1. The molecule has 1 unspecified atom stereocenters. The highest BCUT2D eigenvalue weighted by Crippen LogP contribution is 2.66. The molecule has 154 valence electrons. The van der Waals surface area contributed by atoms with Gasteiger partial charge in [0.1, 0.15) is 11.6 Å². The van der Waals surface area contributed by atoms with Crippen molar-refractivity contribution in [3.8, 4) is 11.5 Å². The van der Waals surface area contributed by atoms with Gasteiger partial charge in [0, 0.05) is 37.7 Å². The van der Waals surface area contributed by atoms with Crippen molar-refractivity contribution in [2.75, 3.05) is 13.1 Å². The van der Waals surface area contributed by atoms with Crippen LogP contribution in [-0.2, 0) is 21.4 Å². The Bertz CT molecular complexity index is 959. The molecule has 2 N–H and O–H groups in total. The first-order valence-electron chi connectivity index (χ1n) is 10.7. The van der Waals surface area contributed by atoms with E-state index in [1.165, 1.54) is 6.92 Å². The van der Waals surface area contributed by atoms with Gasteiger partial charge in [0.05, 0.1) is 18.5 Å². The molecule has 1 spiro atoms. The van der Waals surface area contributed by atoms with Gasteiger partial charge < -0.3 is 25.0 Å². The third kappa shape index (κ3) is 2.00. The fourth-order valence-electron chi connectivity index (χ4n) is 7.16. The lowest BCUT2D eigenvalue weighted by molar-refractivity contribution is -0.920. The lowest BCUT2D eigenvalue weighted by Gasteiger charge is -2.69. The van der Waals surface area contributed by atoms with Gasteiger partial charge in [0.25, 0.3) is 0 Å². The van der Waals surface area contributed by atoms with E-state index in [-0.39, 0.29) is 34.5 Å². The van der Waals surface area contributed by atoms with E-state index in [2.05, 4.69) is 5.32 Å². The first-order valence-corrected chi connectivity index (χ1v) is 10.7. The second-order valence-corrected chi connectivity index (χ2v) is 9.81. The van der Waals surface area contributed by atoms with Gasteiger partial charge in [-0.05, 0) is 30.9 Å². The number of rotatable bonds is 3. The molecule has 2 aliphatic heterocycles. The number of nitrogens with one attached hydrogen (secondary N) is 1. The Balaban J connectivity index is 1.63. The highest BCUT2D eigenvalue weighted by Gasteiger charge is 2.76. The Hall–Kier alpha value is -2.12. The number of phenols is 1. The molecule has 1 aromatic rings. The molecule has 7 heteroatoms. The van der Waals surface area contributed by atoms with Crippen LogP contribution in [0.25, 0.3) is 0 Å². The summed E-state index contributed by atoms with van der Waals surface area (Å²) >= 11 is 0. The topological polar surface area (TPSA) is 98.7 Å². The highest BCUT2D eigenvalue weighted by molar-refractivity contribution is 5.91. The van der Waals surface area contributed by atoms with Gasteiger partial charge in [-0.3, -0.25) is 9.59 Å². The Labute approximate surface area is 169 Å². The van der Waals surface area contributed by atoms with E-state index in [0.717, 1.165) is 24.0 Å². The quantitative estimate of drug-likeness (QED) is 0.596. The number of quaternary nitrogens is 1. The number of piperidine rings is 1. The zero-order valence-corrected chi connectivity index (χ0v) is 16.6. The highest BCUT2D eigenvalue weighted by atomic mass is 16.6. The Morgan fingerprint density at radius 3 is 2.90 bits per heavy atom. The summed E-state index contributed by atoms with van der Waals surface area (Å²) in [5, 5.41) is 28.0. The summed E-state index contributed by atoms with van der Waals surface area (Å²) in [6.07, 6.45) is 3.21. The van der Waals surface area contributed by atoms with Gasteiger partial charge in [-0.2, -0.15) is 0 Å². The summed E-state index contributed by atoms with van der Waals surface area (Å²) in [7, 11) is 0. The number of carbonyl (C=O) groups excluding carboxylic acids is 2. The van der Waals surface area contributed by atoms with Crippen LogP contribution in [0.2, 0.25) is 0 Å². The first kappa shape index (κ1) is 17.7.